The second-order valence-electron chi connectivity index (χ2n) is 12.7. The zero-order valence-corrected chi connectivity index (χ0v) is 27.4. The summed E-state index contributed by atoms with van der Waals surface area (Å²) >= 11 is 0. The molecule has 2 aliphatic heterocycles. The third-order valence-corrected chi connectivity index (χ3v) is 9.39. The lowest BCUT2D eigenvalue weighted by atomic mass is 9.93. The topological polar surface area (TPSA) is 159 Å². The molecule has 2 aliphatic rings. The zero-order chi connectivity index (χ0) is 33.4. The summed E-state index contributed by atoms with van der Waals surface area (Å²) in [5.74, 6) is -2.07. The molecule has 12 nitrogen and oxygen atoms in total. The van der Waals surface area contributed by atoms with Gasteiger partial charge in [0.1, 0.15) is 37.4 Å². The van der Waals surface area contributed by atoms with E-state index in [1.165, 1.54) is 6.92 Å². The maximum absolute atomic E-state index is 14.0. The molecule has 0 spiro atoms. The first kappa shape index (κ1) is 34.9. The van der Waals surface area contributed by atoms with E-state index in [-0.39, 0.29) is 42.8 Å². The highest BCUT2D eigenvalue weighted by Crippen LogP contribution is 2.24. The number of carbonyl (C=O) groups is 5. The number of hydrogen-bond donors (Lipinski definition) is 4. The van der Waals surface area contributed by atoms with Gasteiger partial charge in [0.2, 0.25) is 23.6 Å². The highest BCUT2D eigenvalue weighted by Gasteiger charge is 2.41. The van der Waals surface area contributed by atoms with Crippen molar-refractivity contribution in [1.29, 1.82) is 0 Å². The van der Waals surface area contributed by atoms with Crippen LogP contribution < -0.4 is 20.8 Å². The number of rotatable bonds is 12. The molecule has 0 radical (unpaired) electrons. The fraction of sp³-hybridized carbons (Fsp3) is 0.618. The first-order valence-corrected chi connectivity index (χ1v) is 16.6. The number of Topliss-reactive ketones (excluding diaryl/α,β-unsaturated/α-hetero) is 1. The van der Waals surface area contributed by atoms with E-state index >= 15 is 0 Å². The lowest BCUT2D eigenvalue weighted by Crippen LogP contribution is -2.64. The second kappa shape index (κ2) is 16.1. The fourth-order valence-corrected chi connectivity index (χ4v) is 6.39. The molecule has 2 saturated heterocycles. The van der Waals surface area contributed by atoms with Crippen LogP contribution in [0.2, 0.25) is 0 Å². The highest BCUT2D eigenvalue weighted by atomic mass is 16.6. The maximum Gasteiger partial charge on any atom is 0.246 e. The molecule has 0 bridgehead atoms. The van der Waals surface area contributed by atoms with Gasteiger partial charge in [-0.05, 0) is 56.6 Å². The summed E-state index contributed by atoms with van der Waals surface area (Å²) in [5.41, 5.74) is 1.58. The van der Waals surface area contributed by atoms with E-state index in [2.05, 4.69) is 16.0 Å². The van der Waals surface area contributed by atoms with Gasteiger partial charge in [-0.15, -0.1) is 0 Å². The van der Waals surface area contributed by atoms with E-state index in [4.69, 9.17) is 4.84 Å². The summed E-state index contributed by atoms with van der Waals surface area (Å²) in [7, 11) is 1.55. The second-order valence-corrected chi connectivity index (χ2v) is 12.7. The van der Waals surface area contributed by atoms with E-state index in [9.17, 15) is 29.1 Å². The van der Waals surface area contributed by atoms with E-state index < -0.39 is 42.1 Å². The van der Waals surface area contributed by atoms with Gasteiger partial charge in [0.25, 0.3) is 0 Å². The number of carbonyl (C=O) groups excluding carboxylic acids is 5. The highest BCUT2D eigenvalue weighted by molar-refractivity contribution is 5.98. The van der Waals surface area contributed by atoms with Crippen molar-refractivity contribution in [2.24, 2.45) is 5.92 Å². The van der Waals surface area contributed by atoms with E-state index in [1.807, 2.05) is 38.1 Å². The number of aromatic nitrogens is 1. The van der Waals surface area contributed by atoms with Crippen LogP contribution in [0, 0.1) is 5.92 Å². The summed E-state index contributed by atoms with van der Waals surface area (Å²) in [4.78, 5) is 74.6. The minimum Gasteiger partial charge on any atom is -0.417 e. The molecule has 12 heteroatoms. The smallest absolute Gasteiger partial charge is 0.246 e. The van der Waals surface area contributed by atoms with Gasteiger partial charge in [-0.25, -0.2) is 0 Å². The van der Waals surface area contributed by atoms with Gasteiger partial charge in [0.05, 0.1) is 5.52 Å². The molecule has 4 amide bonds. The average Bonchev–Trinajstić information content (AvgIpc) is 3.41. The number of fused-ring (bicyclic) bond motifs is 2. The minimum atomic E-state index is -1.04. The van der Waals surface area contributed by atoms with Gasteiger partial charge in [-0.3, -0.25) is 24.0 Å². The van der Waals surface area contributed by atoms with Crippen LogP contribution in [0.1, 0.15) is 84.1 Å². The third kappa shape index (κ3) is 8.26. The Labute approximate surface area is 270 Å². The molecular formula is C34H49N5O7. The van der Waals surface area contributed by atoms with Crippen molar-refractivity contribution in [2.75, 3.05) is 13.7 Å². The number of unbranched alkanes of at least 4 members (excludes halogenated alkanes) is 2. The predicted octanol–water partition coefficient (Wildman–Crippen LogP) is 2.04. The Bertz CT molecular complexity index is 1410. The summed E-state index contributed by atoms with van der Waals surface area (Å²) in [6.45, 7) is 5.69. The summed E-state index contributed by atoms with van der Waals surface area (Å²) in [6.07, 6.45) is 5.73. The van der Waals surface area contributed by atoms with Crippen LogP contribution in [0.15, 0.2) is 30.5 Å². The molecule has 6 atom stereocenters. The van der Waals surface area contributed by atoms with Crippen molar-refractivity contribution in [2.45, 2.75) is 115 Å². The van der Waals surface area contributed by atoms with Crippen LogP contribution >= 0.6 is 0 Å². The van der Waals surface area contributed by atoms with E-state index in [1.54, 1.807) is 22.9 Å². The van der Waals surface area contributed by atoms with Crippen LogP contribution in [0.5, 0.6) is 0 Å². The van der Waals surface area contributed by atoms with Gasteiger partial charge in [0.15, 0.2) is 5.78 Å². The first-order valence-electron chi connectivity index (χ1n) is 16.6. The van der Waals surface area contributed by atoms with Crippen molar-refractivity contribution in [3.63, 3.8) is 0 Å². The van der Waals surface area contributed by atoms with Gasteiger partial charge in [-0.1, -0.05) is 51.3 Å². The molecule has 2 unspecified atom stereocenters. The van der Waals surface area contributed by atoms with E-state index in [0.717, 1.165) is 29.3 Å². The van der Waals surface area contributed by atoms with Crippen LogP contribution in [0.4, 0.5) is 0 Å². The van der Waals surface area contributed by atoms with Crippen LogP contribution in [-0.4, -0.2) is 88.1 Å². The number of amides is 4. The molecule has 252 valence electrons. The monoisotopic (exact) mass is 639 g/mol. The van der Waals surface area contributed by atoms with Crippen molar-refractivity contribution >= 4 is 40.3 Å². The van der Waals surface area contributed by atoms with Crippen molar-refractivity contribution in [1.82, 2.24) is 25.6 Å². The Morgan fingerprint density at radius 1 is 0.978 bits per heavy atom. The Balaban J connectivity index is 1.65. The molecule has 1 aromatic carbocycles. The average molecular weight is 640 g/mol. The standard InChI is InChI=1S/C34H49N5O7/c1-5-21(2)30-34(45)38-18-12-11-16-28(38)33(44)35-25(14-7-6-8-17-29(41)22(3)40)31(42)36-26(32(43)37-30)19-23-20-39(46-4)27-15-10-9-13-24(23)27/h9-10,13,15,20-22,25-26,28,30,40H,5-8,11-12,14,16-19H2,1-4H3,(H,35,44)(H,36,42)(H,37,43)/t21?,22?,25-,26+,28-,30+/m1/s1. The molecule has 46 heavy (non-hydrogen) atoms. The molecule has 0 aliphatic carbocycles. The molecular weight excluding hydrogens is 590 g/mol. The number of ketones is 1. The number of piperidine rings is 1. The van der Waals surface area contributed by atoms with Gasteiger partial charge in [-0.2, -0.15) is 4.73 Å². The van der Waals surface area contributed by atoms with Crippen LogP contribution in [0.25, 0.3) is 10.9 Å². The quantitative estimate of drug-likeness (QED) is 0.259. The lowest BCUT2D eigenvalue weighted by Gasteiger charge is -2.39. The Hall–Kier alpha value is -3.93. The van der Waals surface area contributed by atoms with Gasteiger partial charge >= 0.3 is 0 Å². The third-order valence-electron chi connectivity index (χ3n) is 9.39. The Morgan fingerprint density at radius 3 is 2.41 bits per heavy atom. The summed E-state index contributed by atoms with van der Waals surface area (Å²) in [6, 6.07) is 4.01. The molecule has 3 heterocycles. The largest absolute Gasteiger partial charge is 0.417 e. The lowest BCUT2D eigenvalue weighted by molar-refractivity contribution is -0.147. The number of para-hydroxylation sites is 1. The molecule has 4 rings (SSSR count). The molecule has 2 fully saturated rings. The summed E-state index contributed by atoms with van der Waals surface area (Å²) < 4.78 is 1.60. The summed E-state index contributed by atoms with van der Waals surface area (Å²) in [5, 5.41) is 19.1. The first-order chi connectivity index (χ1) is 22.0. The normalized spacial score (nSPS) is 24.2. The molecule has 1 aromatic heterocycles. The van der Waals surface area contributed by atoms with Crippen LogP contribution in [0.3, 0.4) is 0 Å². The maximum atomic E-state index is 14.0. The number of aliphatic hydroxyl groups excluding tert-OH is 1. The predicted molar refractivity (Wildman–Crippen MR) is 173 cm³/mol. The minimum absolute atomic E-state index is 0.129. The fourth-order valence-electron chi connectivity index (χ4n) is 6.39. The number of aliphatic hydroxyl groups is 1. The van der Waals surface area contributed by atoms with Gasteiger partial charge in [0, 0.05) is 31.0 Å². The van der Waals surface area contributed by atoms with Gasteiger partial charge < -0.3 is 30.8 Å². The molecule has 2 aromatic rings. The number of nitrogens with zero attached hydrogens (tertiary/aromatic N) is 2. The number of nitrogens with one attached hydrogen (secondary N) is 3. The SMILES string of the molecule is CCC(C)[C@@H]1NC(=O)[C@H](Cc2cn(OC)c3ccccc23)NC(=O)[C@@H](CCCCCC(=O)C(C)O)NC(=O)[C@H]2CCCCN2C1=O. The Morgan fingerprint density at radius 2 is 1.70 bits per heavy atom. The van der Waals surface area contributed by atoms with Crippen molar-refractivity contribution < 1.29 is 33.9 Å². The van der Waals surface area contributed by atoms with Crippen molar-refractivity contribution in [3.05, 3.63) is 36.0 Å². The Kier molecular flexibility index (Phi) is 12.2. The number of hydrogen-bond acceptors (Lipinski definition) is 7. The van der Waals surface area contributed by atoms with E-state index in [0.29, 0.717) is 38.6 Å². The zero-order valence-electron chi connectivity index (χ0n) is 27.4. The molecule has 4 N–H and O–H groups in total. The van der Waals surface area contributed by atoms with Crippen LogP contribution in [-0.2, 0) is 30.4 Å². The van der Waals surface area contributed by atoms with Crippen molar-refractivity contribution in [3.8, 4) is 0 Å². The number of benzene rings is 1. The molecule has 0 saturated carbocycles.